The van der Waals surface area contributed by atoms with Crippen molar-refractivity contribution in [2.45, 2.75) is 38.1 Å². The van der Waals surface area contributed by atoms with Gasteiger partial charge in [-0.05, 0) is 35.6 Å². The molecule has 1 amide bonds. The van der Waals surface area contributed by atoms with Gasteiger partial charge in [0, 0.05) is 6.42 Å². The molecule has 0 bridgehead atoms. The van der Waals surface area contributed by atoms with E-state index < -0.39 is 12.0 Å². The molecule has 0 aromatic heterocycles. The van der Waals surface area contributed by atoms with Crippen molar-refractivity contribution in [3.05, 3.63) is 48.0 Å². The van der Waals surface area contributed by atoms with E-state index in [9.17, 15) is 9.59 Å². The summed E-state index contributed by atoms with van der Waals surface area (Å²) in [6.45, 7) is 0. The molecule has 1 N–H and O–H groups in total. The van der Waals surface area contributed by atoms with Crippen molar-refractivity contribution in [3.63, 3.8) is 0 Å². The number of esters is 1. The summed E-state index contributed by atoms with van der Waals surface area (Å²) in [7, 11) is 1.31. The Morgan fingerprint density at radius 3 is 2.64 bits per heavy atom. The summed E-state index contributed by atoms with van der Waals surface area (Å²) in [5, 5.41) is 13.5. The number of carbonyl (C=O) groups excluding carboxylic acids is 2. The highest BCUT2D eigenvalue weighted by Crippen LogP contribution is 2.16. The molecule has 0 radical (unpaired) electrons. The van der Waals surface area contributed by atoms with Gasteiger partial charge in [-0.25, -0.2) is 4.79 Å². The van der Waals surface area contributed by atoms with E-state index in [0.717, 1.165) is 16.3 Å². The molecule has 2 aromatic rings. The minimum atomic E-state index is -0.670. The molecule has 0 fully saturated rings. The molecule has 0 aliphatic carbocycles. The van der Waals surface area contributed by atoms with Gasteiger partial charge in [-0.15, -0.1) is 0 Å². The predicted octanol–water partition coefficient (Wildman–Crippen LogP) is 3.12. The maximum absolute atomic E-state index is 12.3. The molecule has 2 rings (SSSR count). The molecule has 0 saturated carbocycles. The highest BCUT2D eigenvalue weighted by Gasteiger charge is 2.21. The first kappa shape index (κ1) is 18.5. The summed E-state index contributed by atoms with van der Waals surface area (Å²) >= 11 is 0. The van der Waals surface area contributed by atoms with Crippen LogP contribution in [-0.4, -0.2) is 25.0 Å². The maximum atomic E-state index is 12.3. The third-order valence-electron chi connectivity index (χ3n) is 4.03. The molecule has 0 saturated heterocycles. The second-order valence-electron chi connectivity index (χ2n) is 5.91. The first-order valence-electron chi connectivity index (χ1n) is 8.36. The minimum Gasteiger partial charge on any atom is -0.467 e. The number of nitrogens with zero attached hydrogens (tertiary/aromatic N) is 1. The van der Waals surface area contributed by atoms with Gasteiger partial charge in [-0.1, -0.05) is 42.5 Å². The van der Waals surface area contributed by atoms with Gasteiger partial charge >= 0.3 is 5.97 Å². The summed E-state index contributed by atoms with van der Waals surface area (Å²) < 4.78 is 4.76. The standard InChI is InChI=1S/C20H22N2O3/c1-25-20(24)18(9-3-2-6-12-21)22-19(23)14-15-10-11-16-7-4-5-8-17(16)13-15/h4-5,7-8,10-11,13,18H,2-3,6,9,14H2,1H3,(H,22,23)/t18-/m1/s1. The lowest BCUT2D eigenvalue weighted by molar-refractivity contribution is -0.145. The molecule has 5 nitrogen and oxygen atoms in total. The van der Waals surface area contributed by atoms with Crippen LogP contribution in [0.3, 0.4) is 0 Å². The molecule has 2 aromatic carbocycles. The summed E-state index contributed by atoms with van der Waals surface area (Å²) in [6, 6.07) is 15.2. The molecule has 0 unspecified atom stereocenters. The van der Waals surface area contributed by atoms with Crippen molar-refractivity contribution >= 4 is 22.6 Å². The van der Waals surface area contributed by atoms with Gasteiger partial charge in [0.25, 0.3) is 0 Å². The van der Waals surface area contributed by atoms with Crippen molar-refractivity contribution in [2.24, 2.45) is 0 Å². The number of amides is 1. The topological polar surface area (TPSA) is 79.2 Å². The van der Waals surface area contributed by atoms with Gasteiger partial charge in [0.2, 0.25) is 5.91 Å². The molecule has 0 aliphatic heterocycles. The van der Waals surface area contributed by atoms with Crippen LogP contribution in [0.25, 0.3) is 10.8 Å². The maximum Gasteiger partial charge on any atom is 0.328 e. The monoisotopic (exact) mass is 338 g/mol. The molecular weight excluding hydrogens is 316 g/mol. The fourth-order valence-electron chi connectivity index (χ4n) is 2.72. The Kier molecular flexibility index (Phi) is 6.97. The van der Waals surface area contributed by atoms with Crippen LogP contribution in [0.5, 0.6) is 0 Å². The van der Waals surface area contributed by atoms with Crippen LogP contribution in [0.4, 0.5) is 0 Å². The Morgan fingerprint density at radius 2 is 1.92 bits per heavy atom. The van der Waals surface area contributed by atoms with E-state index in [1.165, 1.54) is 7.11 Å². The highest BCUT2D eigenvalue weighted by molar-refractivity contribution is 5.87. The van der Waals surface area contributed by atoms with Gasteiger partial charge in [-0.3, -0.25) is 4.79 Å². The molecular formula is C20H22N2O3. The number of methoxy groups -OCH3 is 1. The van der Waals surface area contributed by atoms with E-state index in [1.54, 1.807) is 0 Å². The number of carbonyl (C=O) groups is 2. The van der Waals surface area contributed by atoms with E-state index in [4.69, 9.17) is 10.00 Å². The number of nitriles is 1. The number of rotatable bonds is 8. The van der Waals surface area contributed by atoms with Crippen LogP contribution < -0.4 is 5.32 Å². The molecule has 0 aliphatic rings. The lowest BCUT2D eigenvalue weighted by atomic mass is 10.0. The normalized spacial score (nSPS) is 11.5. The van der Waals surface area contributed by atoms with E-state index in [2.05, 4.69) is 11.4 Å². The number of hydrogen-bond donors (Lipinski definition) is 1. The SMILES string of the molecule is COC(=O)[C@@H](CCCCC#N)NC(=O)Cc1ccc2ccccc2c1. The van der Waals surface area contributed by atoms with Gasteiger partial charge in [0.15, 0.2) is 0 Å². The van der Waals surface area contributed by atoms with Gasteiger partial charge in [-0.2, -0.15) is 5.26 Å². The number of fused-ring (bicyclic) bond motifs is 1. The third-order valence-corrected chi connectivity index (χ3v) is 4.03. The average Bonchev–Trinajstić information content (AvgIpc) is 2.63. The number of benzene rings is 2. The Labute approximate surface area is 147 Å². The zero-order valence-electron chi connectivity index (χ0n) is 14.3. The zero-order valence-corrected chi connectivity index (χ0v) is 14.3. The fourth-order valence-corrected chi connectivity index (χ4v) is 2.72. The van der Waals surface area contributed by atoms with Crippen LogP contribution >= 0.6 is 0 Å². The summed E-state index contributed by atoms with van der Waals surface area (Å²) in [4.78, 5) is 24.1. The van der Waals surface area contributed by atoms with E-state index in [0.29, 0.717) is 25.7 Å². The summed E-state index contributed by atoms with van der Waals surface area (Å²) in [6.07, 6.45) is 2.50. The second-order valence-corrected chi connectivity index (χ2v) is 5.91. The van der Waals surface area contributed by atoms with Crippen LogP contribution in [-0.2, 0) is 20.7 Å². The molecule has 0 spiro atoms. The van der Waals surface area contributed by atoms with Gasteiger partial charge in [0.1, 0.15) is 6.04 Å². The highest BCUT2D eigenvalue weighted by atomic mass is 16.5. The Hall–Kier alpha value is -2.87. The Balaban J connectivity index is 1.96. The molecule has 5 heteroatoms. The van der Waals surface area contributed by atoms with Crippen LogP contribution in [0.1, 0.15) is 31.2 Å². The lowest BCUT2D eigenvalue weighted by Gasteiger charge is -2.16. The molecule has 130 valence electrons. The van der Waals surface area contributed by atoms with Crippen molar-refractivity contribution in [3.8, 4) is 6.07 Å². The molecule has 1 atom stereocenters. The number of unbranched alkanes of at least 4 members (excludes halogenated alkanes) is 2. The van der Waals surface area contributed by atoms with Crippen molar-refractivity contribution in [2.75, 3.05) is 7.11 Å². The van der Waals surface area contributed by atoms with E-state index >= 15 is 0 Å². The average molecular weight is 338 g/mol. The zero-order chi connectivity index (χ0) is 18.1. The van der Waals surface area contributed by atoms with Crippen LogP contribution in [0.2, 0.25) is 0 Å². The predicted molar refractivity (Wildman–Crippen MR) is 95.7 cm³/mol. The molecule has 25 heavy (non-hydrogen) atoms. The first-order valence-corrected chi connectivity index (χ1v) is 8.36. The lowest BCUT2D eigenvalue weighted by Crippen LogP contribution is -2.42. The summed E-state index contributed by atoms with van der Waals surface area (Å²) in [5.74, 6) is -0.671. The smallest absolute Gasteiger partial charge is 0.328 e. The van der Waals surface area contributed by atoms with Crippen molar-refractivity contribution in [1.29, 1.82) is 5.26 Å². The number of ether oxygens (including phenoxy) is 1. The number of nitrogens with one attached hydrogen (secondary N) is 1. The van der Waals surface area contributed by atoms with Crippen molar-refractivity contribution in [1.82, 2.24) is 5.32 Å². The van der Waals surface area contributed by atoms with Crippen LogP contribution in [0.15, 0.2) is 42.5 Å². The number of hydrogen-bond acceptors (Lipinski definition) is 4. The molecule has 0 heterocycles. The quantitative estimate of drug-likeness (QED) is 0.592. The van der Waals surface area contributed by atoms with Gasteiger partial charge < -0.3 is 10.1 Å². The third kappa shape index (κ3) is 5.61. The van der Waals surface area contributed by atoms with Crippen molar-refractivity contribution < 1.29 is 14.3 Å². The fraction of sp³-hybridized carbons (Fsp3) is 0.350. The Morgan fingerprint density at radius 1 is 1.16 bits per heavy atom. The largest absolute Gasteiger partial charge is 0.467 e. The van der Waals surface area contributed by atoms with Gasteiger partial charge in [0.05, 0.1) is 19.6 Å². The van der Waals surface area contributed by atoms with E-state index in [1.807, 2.05) is 42.5 Å². The first-order chi connectivity index (χ1) is 12.1. The minimum absolute atomic E-state index is 0.205. The summed E-state index contributed by atoms with van der Waals surface area (Å²) in [5.41, 5.74) is 0.893. The Bertz CT molecular complexity index is 780. The van der Waals surface area contributed by atoms with E-state index in [-0.39, 0.29) is 12.3 Å². The second kappa shape index (κ2) is 9.43. The van der Waals surface area contributed by atoms with Crippen LogP contribution in [0, 0.1) is 11.3 Å².